The van der Waals surface area contributed by atoms with Gasteiger partial charge in [-0.3, -0.25) is 9.59 Å². The molecule has 1 aromatic rings. The van der Waals surface area contributed by atoms with Gasteiger partial charge < -0.3 is 10.1 Å². The first-order valence-corrected chi connectivity index (χ1v) is 7.76. The molecule has 0 saturated carbocycles. The van der Waals surface area contributed by atoms with Crippen molar-refractivity contribution < 1.29 is 22.7 Å². The van der Waals surface area contributed by atoms with Crippen LogP contribution in [0.3, 0.4) is 0 Å². The second-order valence-electron chi connectivity index (χ2n) is 4.12. The van der Waals surface area contributed by atoms with Crippen LogP contribution in [0, 0.1) is 11.3 Å². The van der Waals surface area contributed by atoms with Crippen LogP contribution in [0.5, 0.6) is 0 Å². The predicted molar refractivity (Wildman–Crippen MR) is 75.1 cm³/mol. The van der Waals surface area contributed by atoms with Crippen molar-refractivity contribution in [3.63, 3.8) is 0 Å². The fourth-order valence-corrected chi connectivity index (χ4v) is 2.58. The average Bonchev–Trinajstić information content (AvgIpc) is 2.45. The van der Waals surface area contributed by atoms with E-state index in [1.165, 1.54) is 6.07 Å². The summed E-state index contributed by atoms with van der Waals surface area (Å²) < 4.78 is 27.4. The summed E-state index contributed by atoms with van der Waals surface area (Å²) in [4.78, 5) is 22.6. The quantitative estimate of drug-likeness (QED) is 0.764. The van der Waals surface area contributed by atoms with Crippen molar-refractivity contribution in [3.05, 3.63) is 29.8 Å². The maximum Gasteiger partial charge on any atom is 0.320 e. The lowest BCUT2D eigenvalue weighted by atomic mass is 10.2. The number of nitrogens with one attached hydrogen (secondary N) is 1. The highest BCUT2D eigenvalue weighted by Crippen LogP contribution is 2.13. The van der Waals surface area contributed by atoms with Crippen molar-refractivity contribution in [3.8, 4) is 6.07 Å². The fraction of sp³-hybridized carbons (Fsp3) is 0.308. The Labute approximate surface area is 122 Å². The largest absolute Gasteiger partial charge is 0.468 e. The molecular weight excluding hydrogens is 296 g/mol. The number of carbonyl (C=O) groups excluding carboxylic acids is 2. The van der Waals surface area contributed by atoms with Gasteiger partial charge in [0.2, 0.25) is 5.91 Å². The normalized spacial score (nSPS) is 10.5. The molecule has 0 spiro atoms. The number of nitriles is 1. The minimum absolute atomic E-state index is 0.281. The predicted octanol–water partition coefficient (Wildman–Crippen LogP) is 0.475. The van der Waals surface area contributed by atoms with Crippen molar-refractivity contribution in [2.24, 2.45) is 0 Å². The van der Waals surface area contributed by atoms with E-state index in [2.05, 4.69) is 10.1 Å². The lowest BCUT2D eigenvalue weighted by Gasteiger charge is -2.07. The Bertz CT molecular complexity index is 676. The molecule has 1 amide bonds. The summed E-state index contributed by atoms with van der Waals surface area (Å²) in [5.41, 5.74) is 0.596. The van der Waals surface area contributed by atoms with Crippen molar-refractivity contribution in [2.75, 3.05) is 23.9 Å². The Balaban J connectivity index is 2.59. The van der Waals surface area contributed by atoms with Crippen LogP contribution >= 0.6 is 0 Å². The lowest BCUT2D eigenvalue weighted by molar-refractivity contribution is -0.137. The molecule has 112 valence electrons. The van der Waals surface area contributed by atoms with Crippen LogP contribution in [0.2, 0.25) is 0 Å². The van der Waals surface area contributed by atoms with Gasteiger partial charge in [0.1, 0.15) is 11.8 Å². The molecule has 0 aliphatic carbocycles. The van der Waals surface area contributed by atoms with Gasteiger partial charge >= 0.3 is 5.97 Å². The van der Waals surface area contributed by atoms with Crippen molar-refractivity contribution in [2.45, 2.75) is 6.42 Å². The standard InChI is InChI=1S/C13H14N2O5S/c1-20-13(17)9-21(18,19)7-6-12(16)15-11-5-3-2-4-10(11)8-14/h2-5H,6-7,9H2,1H3,(H,15,16). The summed E-state index contributed by atoms with van der Waals surface area (Å²) in [6.45, 7) is 0. The molecule has 7 nitrogen and oxygen atoms in total. The summed E-state index contributed by atoms with van der Waals surface area (Å²) in [6, 6.07) is 8.28. The number of hydrogen-bond acceptors (Lipinski definition) is 6. The van der Waals surface area contributed by atoms with E-state index < -0.39 is 33.2 Å². The van der Waals surface area contributed by atoms with Crippen LogP contribution in [0.25, 0.3) is 0 Å². The van der Waals surface area contributed by atoms with Crippen LogP contribution < -0.4 is 5.32 Å². The molecule has 1 rings (SSSR count). The van der Waals surface area contributed by atoms with Crippen molar-refractivity contribution in [1.82, 2.24) is 0 Å². The van der Waals surface area contributed by atoms with Crippen LogP contribution in [0.1, 0.15) is 12.0 Å². The third kappa shape index (κ3) is 5.62. The highest BCUT2D eigenvalue weighted by atomic mass is 32.2. The van der Waals surface area contributed by atoms with Crippen LogP contribution in [-0.2, 0) is 24.2 Å². The molecule has 0 saturated heterocycles. The number of esters is 1. The van der Waals surface area contributed by atoms with Gasteiger partial charge in [-0.05, 0) is 12.1 Å². The van der Waals surface area contributed by atoms with E-state index in [4.69, 9.17) is 5.26 Å². The van der Waals surface area contributed by atoms with Gasteiger partial charge in [-0.1, -0.05) is 12.1 Å². The Morgan fingerprint density at radius 2 is 2.00 bits per heavy atom. The van der Waals surface area contributed by atoms with Gasteiger partial charge in [0, 0.05) is 6.42 Å². The number of carbonyl (C=O) groups is 2. The second kappa shape index (κ2) is 7.40. The smallest absolute Gasteiger partial charge is 0.320 e. The molecular formula is C13H14N2O5S. The topological polar surface area (TPSA) is 113 Å². The van der Waals surface area contributed by atoms with Gasteiger partial charge in [0.05, 0.1) is 24.1 Å². The third-order valence-corrected chi connectivity index (χ3v) is 4.03. The molecule has 0 unspecified atom stereocenters. The molecule has 1 aromatic carbocycles. The zero-order valence-corrected chi connectivity index (χ0v) is 12.1. The second-order valence-corrected chi connectivity index (χ2v) is 6.31. The minimum atomic E-state index is -3.70. The van der Waals surface area contributed by atoms with Gasteiger partial charge in [-0.2, -0.15) is 5.26 Å². The first kappa shape index (κ1) is 16.7. The number of hydrogen-bond donors (Lipinski definition) is 1. The number of nitrogens with zero attached hydrogens (tertiary/aromatic N) is 1. The molecule has 8 heteroatoms. The number of para-hydroxylation sites is 1. The minimum Gasteiger partial charge on any atom is -0.468 e. The van der Waals surface area contributed by atoms with E-state index in [9.17, 15) is 18.0 Å². The molecule has 0 aliphatic heterocycles. The zero-order valence-electron chi connectivity index (χ0n) is 11.3. The number of ether oxygens (including phenoxy) is 1. The zero-order chi connectivity index (χ0) is 15.9. The first-order chi connectivity index (χ1) is 9.88. The maximum atomic E-state index is 11.7. The Hall–Kier alpha value is -2.40. The van der Waals surface area contributed by atoms with E-state index >= 15 is 0 Å². The number of sulfone groups is 1. The summed E-state index contributed by atoms with van der Waals surface area (Å²) >= 11 is 0. The molecule has 0 atom stereocenters. The van der Waals surface area contributed by atoms with E-state index in [1.807, 2.05) is 6.07 Å². The SMILES string of the molecule is COC(=O)CS(=O)(=O)CCC(=O)Nc1ccccc1C#N. The number of amides is 1. The highest BCUT2D eigenvalue weighted by molar-refractivity contribution is 7.92. The summed E-state index contributed by atoms with van der Waals surface area (Å²) in [5.74, 6) is -2.65. The van der Waals surface area contributed by atoms with Gasteiger partial charge in [0.25, 0.3) is 0 Å². The van der Waals surface area contributed by atoms with E-state index in [-0.39, 0.29) is 12.0 Å². The Kier molecular flexibility index (Phi) is 5.87. The van der Waals surface area contributed by atoms with Crippen LogP contribution in [0.4, 0.5) is 5.69 Å². The van der Waals surface area contributed by atoms with Gasteiger partial charge in [-0.15, -0.1) is 0 Å². The van der Waals surface area contributed by atoms with Gasteiger partial charge in [-0.25, -0.2) is 8.42 Å². The average molecular weight is 310 g/mol. The highest BCUT2D eigenvalue weighted by Gasteiger charge is 2.19. The summed E-state index contributed by atoms with van der Waals surface area (Å²) in [5, 5.41) is 11.3. The fourth-order valence-electron chi connectivity index (χ4n) is 1.46. The summed E-state index contributed by atoms with van der Waals surface area (Å²) in [6.07, 6.45) is -0.306. The Morgan fingerprint density at radius 1 is 1.33 bits per heavy atom. The Morgan fingerprint density at radius 3 is 2.62 bits per heavy atom. The van der Waals surface area contributed by atoms with Crippen LogP contribution in [0.15, 0.2) is 24.3 Å². The molecule has 0 heterocycles. The number of methoxy groups -OCH3 is 1. The van der Waals surface area contributed by atoms with E-state index in [0.717, 1.165) is 7.11 Å². The third-order valence-electron chi connectivity index (χ3n) is 2.53. The summed E-state index contributed by atoms with van der Waals surface area (Å²) in [7, 11) is -2.61. The number of rotatable bonds is 6. The molecule has 0 bridgehead atoms. The molecule has 0 radical (unpaired) electrons. The van der Waals surface area contributed by atoms with Crippen molar-refractivity contribution in [1.29, 1.82) is 5.26 Å². The van der Waals surface area contributed by atoms with Crippen molar-refractivity contribution >= 4 is 27.4 Å². The molecule has 21 heavy (non-hydrogen) atoms. The number of benzene rings is 1. The maximum absolute atomic E-state index is 11.7. The molecule has 0 fully saturated rings. The first-order valence-electron chi connectivity index (χ1n) is 5.94. The van der Waals surface area contributed by atoms with E-state index in [0.29, 0.717) is 5.69 Å². The van der Waals surface area contributed by atoms with E-state index in [1.54, 1.807) is 18.2 Å². The lowest BCUT2D eigenvalue weighted by Crippen LogP contribution is -2.23. The number of anilines is 1. The monoisotopic (exact) mass is 310 g/mol. The van der Waals surface area contributed by atoms with Crippen LogP contribution in [-0.4, -0.2) is 38.9 Å². The molecule has 1 N–H and O–H groups in total. The van der Waals surface area contributed by atoms with Gasteiger partial charge in [0.15, 0.2) is 9.84 Å². The molecule has 0 aromatic heterocycles. The molecule has 0 aliphatic rings.